The standard InChI is InChI=1S/C21H36N2O5/c1-7-9-10-12-27-20(25)18(14-16(5)6)22-19(24)17(13-15(3)4)23-21(26)28-11-8-2/h2,15-18H,7,9-14H2,1,3-6H3,(H,22,24)(H,23,26). The molecule has 28 heavy (non-hydrogen) atoms. The van der Waals surface area contributed by atoms with Crippen LogP contribution in [0, 0.1) is 24.2 Å². The molecule has 0 aromatic rings. The van der Waals surface area contributed by atoms with Crippen molar-refractivity contribution in [3.8, 4) is 12.3 Å². The molecule has 0 aliphatic heterocycles. The van der Waals surface area contributed by atoms with E-state index in [1.54, 1.807) is 0 Å². The van der Waals surface area contributed by atoms with E-state index in [0.29, 0.717) is 19.4 Å². The summed E-state index contributed by atoms with van der Waals surface area (Å²) in [6, 6.07) is -1.58. The predicted molar refractivity (Wildman–Crippen MR) is 108 cm³/mol. The lowest BCUT2D eigenvalue weighted by Crippen LogP contribution is -2.52. The zero-order valence-corrected chi connectivity index (χ0v) is 17.9. The maximum atomic E-state index is 12.7. The Morgan fingerprint density at radius 1 is 0.929 bits per heavy atom. The van der Waals surface area contributed by atoms with E-state index in [1.165, 1.54) is 0 Å². The van der Waals surface area contributed by atoms with Crippen molar-refractivity contribution in [2.75, 3.05) is 13.2 Å². The highest BCUT2D eigenvalue weighted by Gasteiger charge is 2.29. The number of alkyl carbamates (subject to hydrolysis) is 1. The molecule has 0 spiro atoms. The van der Waals surface area contributed by atoms with E-state index < -0.39 is 30.1 Å². The summed E-state index contributed by atoms with van der Waals surface area (Å²) in [5.74, 6) is 1.64. The minimum atomic E-state index is -0.826. The SMILES string of the molecule is C#CCOC(=O)NC(CC(C)C)C(=O)NC(CC(C)C)C(=O)OCCCCC. The van der Waals surface area contributed by atoms with Crippen molar-refractivity contribution in [3.05, 3.63) is 0 Å². The third-order valence-electron chi connectivity index (χ3n) is 3.90. The van der Waals surface area contributed by atoms with Crippen LogP contribution in [0.3, 0.4) is 0 Å². The zero-order valence-electron chi connectivity index (χ0n) is 17.9. The maximum Gasteiger partial charge on any atom is 0.408 e. The molecule has 0 radical (unpaired) electrons. The minimum Gasteiger partial charge on any atom is -0.464 e. The number of carbonyl (C=O) groups excluding carboxylic acids is 3. The van der Waals surface area contributed by atoms with Gasteiger partial charge in [0.15, 0.2) is 6.61 Å². The van der Waals surface area contributed by atoms with E-state index in [2.05, 4.69) is 23.5 Å². The highest BCUT2D eigenvalue weighted by Crippen LogP contribution is 2.10. The number of amides is 2. The molecule has 0 aromatic heterocycles. The number of hydrogen-bond donors (Lipinski definition) is 2. The monoisotopic (exact) mass is 396 g/mol. The van der Waals surface area contributed by atoms with Crippen molar-refractivity contribution in [2.24, 2.45) is 11.8 Å². The number of unbranched alkanes of at least 4 members (excludes halogenated alkanes) is 2. The first kappa shape index (κ1) is 25.8. The third kappa shape index (κ3) is 12.2. The molecule has 0 rings (SSSR count). The van der Waals surface area contributed by atoms with E-state index in [-0.39, 0.29) is 18.4 Å². The lowest BCUT2D eigenvalue weighted by molar-refractivity contribution is -0.148. The Labute approximate surface area is 169 Å². The van der Waals surface area contributed by atoms with Gasteiger partial charge in [0.05, 0.1) is 6.61 Å². The van der Waals surface area contributed by atoms with E-state index in [4.69, 9.17) is 15.9 Å². The first-order chi connectivity index (χ1) is 13.2. The molecule has 0 saturated carbocycles. The summed E-state index contributed by atoms with van der Waals surface area (Å²) in [4.78, 5) is 36.9. The fraction of sp³-hybridized carbons (Fsp3) is 0.762. The van der Waals surface area contributed by atoms with Gasteiger partial charge < -0.3 is 20.1 Å². The largest absolute Gasteiger partial charge is 0.464 e. The van der Waals surface area contributed by atoms with Crippen LogP contribution < -0.4 is 10.6 Å². The number of carbonyl (C=O) groups is 3. The van der Waals surface area contributed by atoms with Crippen molar-refractivity contribution >= 4 is 18.0 Å². The lowest BCUT2D eigenvalue weighted by Gasteiger charge is -2.24. The van der Waals surface area contributed by atoms with Crippen LogP contribution in [0.2, 0.25) is 0 Å². The predicted octanol–water partition coefficient (Wildman–Crippen LogP) is 3.02. The van der Waals surface area contributed by atoms with E-state index in [0.717, 1.165) is 19.3 Å². The molecule has 2 N–H and O–H groups in total. The van der Waals surface area contributed by atoms with Crippen LogP contribution in [0.5, 0.6) is 0 Å². The van der Waals surface area contributed by atoms with Crippen molar-refractivity contribution in [2.45, 2.75) is 78.8 Å². The van der Waals surface area contributed by atoms with Crippen LogP contribution in [0.4, 0.5) is 4.79 Å². The summed E-state index contributed by atoms with van der Waals surface area (Å²) in [7, 11) is 0. The molecule has 0 aliphatic carbocycles. The van der Waals surface area contributed by atoms with Gasteiger partial charge in [-0.25, -0.2) is 9.59 Å². The van der Waals surface area contributed by atoms with Gasteiger partial charge >= 0.3 is 12.1 Å². The third-order valence-corrected chi connectivity index (χ3v) is 3.90. The van der Waals surface area contributed by atoms with Gasteiger partial charge in [0.1, 0.15) is 12.1 Å². The Morgan fingerprint density at radius 3 is 2.07 bits per heavy atom. The summed E-state index contributed by atoms with van der Waals surface area (Å²) in [5, 5.41) is 5.25. The molecule has 0 aromatic carbocycles. The Hall–Kier alpha value is -2.23. The molecular formula is C21H36N2O5. The molecule has 0 saturated heterocycles. The highest BCUT2D eigenvalue weighted by atomic mass is 16.5. The number of ether oxygens (including phenoxy) is 2. The average molecular weight is 397 g/mol. The fourth-order valence-corrected chi connectivity index (χ4v) is 2.58. The van der Waals surface area contributed by atoms with Gasteiger partial charge in [-0.2, -0.15) is 0 Å². The highest BCUT2D eigenvalue weighted by molar-refractivity contribution is 5.89. The number of rotatable bonds is 13. The van der Waals surface area contributed by atoms with Crippen molar-refractivity contribution in [3.63, 3.8) is 0 Å². The molecule has 7 heteroatoms. The van der Waals surface area contributed by atoms with Crippen LogP contribution in [-0.4, -0.2) is 43.3 Å². The van der Waals surface area contributed by atoms with Gasteiger partial charge in [0, 0.05) is 0 Å². The van der Waals surface area contributed by atoms with E-state index in [1.807, 2.05) is 27.7 Å². The Bertz CT molecular complexity index is 525. The normalized spacial score (nSPS) is 12.8. The summed E-state index contributed by atoms with van der Waals surface area (Å²) >= 11 is 0. The second kappa shape index (κ2) is 14.8. The Balaban J connectivity index is 4.99. The second-order valence-corrected chi connectivity index (χ2v) is 7.67. The van der Waals surface area contributed by atoms with Crippen LogP contribution in [0.15, 0.2) is 0 Å². The molecule has 7 nitrogen and oxygen atoms in total. The Morgan fingerprint density at radius 2 is 1.54 bits per heavy atom. The van der Waals surface area contributed by atoms with Gasteiger partial charge in [-0.05, 0) is 31.1 Å². The lowest BCUT2D eigenvalue weighted by atomic mass is 10.0. The summed E-state index contributed by atoms with van der Waals surface area (Å²) in [6.07, 6.45) is 7.96. The molecule has 0 bridgehead atoms. The molecule has 160 valence electrons. The van der Waals surface area contributed by atoms with Crippen LogP contribution in [0.1, 0.15) is 66.7 Å². The van der Waals surface area contributed by atoms with Crippen LogP contribution in [-0.2, 0) is 19.1 Å². The fourth-order valence-electron chi connectivity index (χ4n) is 2.58. The minimum absolute atomic E-state index is 0.147. The zero-order chi connectivity index (χ0) is 21.5. The van der Waals surface area contributed by atoms with Crippen molar-refractivity contribution < 1.29 is 23.9 Å². The summed E-state index contributed by atoms with van der Waals surface area (Å²) < 4.78 is 10.1. The quantitative estimate of drug-likeness (QED) is 0.283. The maximum absolute atomic E-state index is 12.7. The van der Waals surface area contributed by atoms with Gasteiger partial charge in [-0.15, -0.1) is 6.42 Å². The molecule has 0 aliphatic rings. The second-order valence-electron chi connectivity index (χ2n) is 7.67. The molecular weight excluding hydrogens is 360 g/mol. The van der Waals surface area contributed by atoms with Crippen LogP contribution >= 0.6 is 0 Å². The molecule has 2 atom stereocenters. The van der Waals surface area contributed by atoms with Crippen molar-refractivity contribution in [1.29, 1.82) is 0 Å². The van der Waals surface area contributed by atoms with Gasteiger partial charge in [0.2, 0.25) is 5.91 Å². The topological polar surface area (TPSA) is 93.7 Å². The molecule has 0 heterocycles. The summed E-state index contributed by atoms with van der Waals surface area (Å²) in [6.45, 7) is 10.0. The summed E-state index contributed by atoms with van der Waals surface area (Å²) in [5.41, 5.74) is 0. The smallest absolute Gasteiger partial charge is 0.408 e. The van der Waals surface area contributed by atoms with Gasteiger partial charge in [-0.3, -0.25) is 4.79 Å². The van der Waals surface area contributed by atoms with Crippen molar-refractivity contribution in [1.82, 2.24) is 10.6 Å². The van der Waals surface area contributed by atoms with E-state index >= 15 is 0 Å². The molecule has 0 fully saturated rings. The molecule has 2 amide bonds. The number of esters is 1. The number of terminal acetylenes is 1. The van der Waals surface area contributed by atoms with Gasteiger partial charge in [-0.1, -0.05) is 53.4 Å². The number of hydrogen-bond acceptors (Lipinski definition) is 5. The van der Waals surface area contributed by atoms with Crippen LogP contribution in [0.25, 0.3) is 0 Å². The van der Waals surface area contributed by atoms with Gasteiger partial charge in [0.25, 0.3) is 0 Å². The first-order valence-corrected chi connectivity index (χ1v) is 10.0. The van der Waals surface area contributed by atoms with E-state index in [9.17, 15) is 14.4 Å². The Kier molecular flexibility index (Phi) is 13.6. The number of nitrogens with one attached hydrogen (secondary N) is 2. The molecule has 2 unspecified atom stereocenters. The first-order valence-electron chi connectivity index (χ1n) is 10.0. The average Bonchev–Trinajstić information content (AvgIpc) is 2.61.